The molecule has 0 bridgehead atoms. The highest BCUT2D eigenvalue weighted by Gasteiger charge is 2.37. The van der Waals surface area contributed by atoms with E-state index in [1.807, 2.05) is 24.3 Å². The van der Waals surface area contributed by atoms with Crippen LogP contribution in [0.5, 0.6) is 0 Å². The van der Waals surface area contributed by atoms with E-state index in [1.165, 1.54) is 11.1 Å². The molecule has 2 aromatic carbocycles. The molecule has 0 aliphatic heterocycles. The van der Waals surface area contributed by atoms with Crippen molar-refractivity contribution in [1.29, 1.82) is 0 Å². The summed E-state index contributed by atoms with van der Waals surface area (Å²) >= 11 is 5.90. The Hall–Kier alpha value is -2.04. The highest BCUT2D eigenvalue weighted by Crippen LogP contribution is 2.29. The van der Waals surface area contributed by atoms with E-state index in [4.69, 9.17) is 11.6 Å². The molecule has 0 saturated carbocycles. The van der Waals surface area contributed by atoms with Crippen LogP contribution in [0.4, 0.5) is 10.5 Å². The van der Waals surface area contributed by atoms with E-state index >= 15 is 0 Å². The van der Waals surface area contributed by atoms with Crippen molar-refractivity contribution < 1.29 is 9.90 Å². The summed E-state index contributed by atoms with van der Waals surface area (Å²) in [6, 6.07) is 14.6. The summed E-state index contributed by atoms with van der Waals surface area (Å²) in [4.78, 5) is 12.2. The molecule has 0 aromatic heterocycles. The Balaban J connectivity index is 1.70. The monoisotopic (exact) mass is 316 g/mol. The normalized spacial score (nSPS) is 15.2. The second-order valence-electron chi connectivity index (χ2n) is 5.65. The number of amides is 2. The molecule has 0 saturated heterocycles. The number of anilines is 1. The van der Waals surface area contributed by atoms with Crippen molar-refractivity contribution in [3.05, 3.63) is 64.7 Å². The van der Waals surface area contributed by atoms with E-state index in [-0.39, 0.29) is 12.6 Å². The van der Waals surface area contributed by atoms with E-state index in [0.717, 1.165) is 0 Å². The Bertz CT molecular complexity index is 678. The van der Waals surface area contributed by atoms with Gasteiger partial charge in [0.15, 0.2) is 0 Å². The number of carbonyl (C=O) groups excluding carboxylic acids is 1. The number of rotatable bonds is 3. The van der Waals surface area contributed by atoms with Crippen molar-refractivity contribution in [2.45, 2.75) is 18.4 Å². The van der Waals surface area contributed by atoms with Crippen molar-refractivity contribution in [2.24, 2.45) is 0 Å². The van der Waals surface area contributed by atoms with Crippen LogP contribution in [0.1, 0.15) is 11.1 Å². The second-order valence-corrected chi connectivity index (χ2v) is 6.09. The molecule has 0 fully saturated rings. The lowest BCUT2D eigenvalue weighted by Crippen LogP contribution is -2.53. The molecule has 4 nitrogen and oxygen atoms in total. The van der Waals surface area contributed by atoms with Gasteiger partial charge in [-0.1, -0.05) is 41.9 Å². The predicted octanol–water partition coefficient (Wildman–Crippen LogP) is 2.99. The van der Waals surface area contributed by atoms with Crippen LogP contribution in [0.15, 0.2) is 48.5 Å². The number of aliphatic hydroxyl groups is 1. The highest BCUT2D eigenvalue weighted by atomic mass is 35.5. The number of benzene rings is 2. The van der Waals surface area contributed by atoms with Gasteiger partial charge in [-0.05, 0) is 42.2 Å². The van der Waals surface area contributed by atoms with Crippen molar-refractivity contribution >= 4 is 23.3 Å². The molecular weight excluding hydrogens is 300 g/mol. The van der Waals surface area contributed by atoms with Crippen LogP contribution in [-0.2, 0) is 12.8 Å². The van der Waals surface area contributed by atoms with Gasteiger partial charge in [-0.25, -0.2) is 4.79 Å². The zero-order chi connectivity index (χ0) is 15.6. The van der Waals surface area contributed by atoms with Gasteiger partial charge >= 0.3 is 6.03 Å². The molecule has 3 rings (SSSR count). The van der Waals surface area contributed by atoms with Crippen LogP contribution in [0.3, 0.4) is 0 Å². The Kier molecular flexibility index (Phi) is 4.05. The van der Waals surface area contributed by atoms with E-state index in [2.05, 4.69) is 10.6 Å². The molecule has 1 aliphatic carbocycles. The number of carbonyl (C=O) groups is 1. The van der Waals surface area contributed by atoms with E-state index in [1.54, 1.807) is 24.3 Å². The van der Waals surface area contributed by atoms with E-state index in [9.17, 15) is 9.90 Å². The molecule has 2 amide bonds. The van der Waals surface area contributed by atoms with Crippen LogP contribution < -0.4 is 10.6 Å². The largest absolute Gasteiger partial charge is 0.394 e. The Labute approximate surface area is 134 Å². The van der Waals surface area contributed by atoms with Gasteiger partial charge in [-0.3, -0.25) is 0 Å². The molecule has 0 radical (unpaired) electrons. The van der Waals surface area contributed by atoms with Gasteiger partial charge in [-0.15, -0.1) is 0 Å². The summed E-state index contributed by atoms with van der Waals surface area (Å²) in [7, 11) is 0. The SMILES string of the molecule is O=C(Nc1cccc(Cl)c1)NC1(CO)Cc2ccccc2C1. The van der Waals surface area contributed by atoms with Gasteiger partial charge in [-0.2, -0.15) is 0 Å². The summed E-state index contributed by atoms with van der Waals surface area (Å²) in [5, 5.41) is 16.0. The van der Waals surface area contributed by atoms with Gasteiger partial charge in [0.2, 0.25) is 0 Å². The lowest BCUT2D eigenvalue weighted by molar-refractivity contribution is 0.170. The maximum Gasteiger partial charge on any atom is 0.319 e. The van der Waals surface area contributed by atoms with E-state index in [0.29, 0.717) is 23.6 Å². The van der Waals surface area contributed by atoms with Gasteiger partial charge < -0.3 is 15.7 Å². The third-order valence-corrected chi connectivity index (χ3v) is 4.18. The quantitative estimate of drug-likeness (QED) is 0.815. The molecule has 0 heterocycles. The minimum Gasteiger partial charge on any atom is -0.394 e. The molecule has 22 heavy (non-hydrogen) atoms. The molecule has 114 valence electrons. The standard InChI is InChI=1S/C17H17ClN2O2/c18-14-6-3-7-15(8-14)19-16(22)20-17(11-21)9-12-4-1-2-5-13(12)10-17/h1-8,21H,9-11H2,(H2,19,20,22). The molecule has 1 aliphatic rings. The fourth-order valence-corrected chi connectivity index (χ4v) is 3.09. The first-order chi connectivity index (χ1) is 10.6. The topological polar surface area (TPSA) is 61.4 Å². The Morgan fingerprint density at radius 2 is 1.82 bits per heavy atom. The number of hydrogen-bond donors (Lipinski definition) is 3. The molecule has 5 heteroatoms. The average Bonchev–Trinajstić information content (AvgIpc) is 2.85. The van der Waals surface area contributed by atoms with Gasteiger partial charge in [0.1, 0.15) is 0 Å². The first-order valence-electron chi connectivity index (χ1n) is 7.13. The third-order valence-electron chi connectivity index (χ3n) is 3.94. The Morgan fingerprint density at radius 1 is 1.14 bits per heavy atom. The molecule has 0 unspecified atom stereocenters. The highest BCUT2D eigenvalue weighted by molar-refractivity contribution is 6.30. The Morgan fingerprint density at radius 3 is 2.41 bits per heavy atom. The molecule has 3 N–H and O–H groups in total. The van der Waals surface area contributed by atoms with E-state index < -0.39 is 5.54 Å². The lowest BCUT2D eigenvalue weighted by Gasteiger charge is -2.28. The summed E-state index contributed by atoms with van der Waals surface area (Å²) in [5.74, 6) is 0. The van der Waals surface area contributed by atoms with Gasteiger partial charge in [0, 0.05) is 10.7 Å². The molecule has 2 aromatic rings. The molecule has 0 spiro atoms. The fourth-order valence-electron chi connectivity index (χ4n) is 2.90. The van der Waals surface area contributed by atoms with Crippen molar-refractivity contribution in [1.82, 2.24) is 5.32 Å². The van der Waals surface area contributed by atoms with Crippen LogP contribution in [0.25, 0.3) is 0 Å². The first kappa shape index (κ1) is 14.9. The second kappa shape index (κ2) is 5.99. The van der Waals surface area contributed by atoms with Crippen LogP contribution in [0, 0.1) is 0 Å². The zero-order valence-electron chi connectivity index (χ0n) is 12.0. The maximum absolute atomic E-state index is 12.2. The van der Waals surface area contributed by atoms with Gasteiger partial charge in [0.05, 0.1) is 12.1 Å². The third kappa shape index (κ3) is 3.08. The average molecular weight is 317 g/mol. The number of halogens is 1. The predicted molar refractivity (Wildman–Crippen MR) is 87.3 cm³/mol. The zero-order valence-corrected chi connectivity index (χ0v) is 12.7. The van der Waals surface area contributed by atoms with Crippen LogP contribution in [0.2, 0.25) is 5.02 Å². The smallest absolute Gasteiger partial charge is 0.319 e. The molecular formula is C17H17ClN2O2. The number of nitrogens with one attached hydrogen (secondary N) is 2. The lowest BCUT2D eigenvalue weighted by atomic mass is 9.97. The maximum atomic E-state index is 12.2. The summed E-state index contributed by atoms with van der Waals surface area (Å²) in [5.41, 5.74) is 2.31. The molecule has 0 atom stereocenters. The number of fused-ring (bicyclic) bond motifs is 1. The summed E-state index contributed by atoms with van der Waals surface area (Å²) in [6.07, 6.45) is 1.26. The van der Waals surface area contributed by atoms with Crippen LogP contribution in [-0.4, -0.2) is 23.3 Å². The number of urea groups is 1. The summed E-state index contributed by atoms with van der Waals surface area (Å²) < 4.78 is 0. The van der Waals surface area contributed by atoms with Crippen molar-refractivity contribution in [3.63, 3.8) is 0 Å². The summed E-state index contributed by atoms with van der Waals surface area (Å²) in [6.45, 7) is -0.107. The fraction of sp³-hybridized carbons (Fsp3) is 0.235. The van der Waals surface area contributed by atoms with Crippen molar-refractivity contribution in [3.8, 4) is 0 Å². The van der Waals surface area contributed by atoms with Gasteiger partial charge in [0.25, 0.3) is 0 Å². The van der Waals surface area contributed by atoms with Crippen LogP contribution >= 0.6 is 11.6 Å². The minimum absolute atomic E-state index is 0.107. The first-order valence-corrected chi connectivity index (χ1v) is 7.50. The number of aliphatic hydroxyl groups excluding tert-OH is 1. The van der Waals surface area contributed by atoms with Crippen molar-refractivity contribution in [2.75, 3.05) is 11.9 Å². The number of hydrogen-bond acceptors (Lipinski definition) is 2. The minimum atomic E-state index is -0.646.